The lowest BCUT2D eigenvalue weighted by molar-refractivity contribution is 0.0954. The molecule has 8 heteroatoms. The Balaban J connectivity index is 1.31. The van der Waals surface area contributed by atoms with Crippen molar-refractivity contribution in [1.82, 2.24) is 25.1 Å². The number of benzene rings is 1. The Kier molecular flexibility index (Phi) is 4.97. The summed E-state index contributed by atoms with van der Waals surface area (Å²) in [4.78, 5) is 16.3. The van der Waals surface area contributed by atoms with Crippen molar-refractivity contribution < 1.29 is 9.53 Å². The van der Waals surface area contributed by atoms with Crippen LogP contribution in [0.2, 0.25) is 0 Å². The molecule has 138 valence electrons. The summed E-state index contributed by atoms with van der Waals surface area (Å²) >= 11 is 5.27. The van der Waals surface area contributed by atoms with Crippen molar-refractivity contribution in [3.63, 3.8) is 0 Å². The first-order valence-electron chi connectivity index (χ1n) is 8.82. The third-order valence-corrected chi connectivity index (χ3v) is 4.60. The number of carbonyl (C=O) groups is 1. The van der Waals surface area contributed by atoms with Gasteiger partial charge in [-0.05, 0) is 61.5 Å². The minimum absolute atomic E-state index is 0.130. The molecule has 1 aliphatic carbocycles. The molecule has 4 rings (SSSR count). The predicted molar refractivity (Wildman–Crippen MR) is 102 cm³/mol. The van der Waals surface area contributed by atoms with Crippen LogP contribution in [0.1, 0.15) is 35.1 Å². The van der Waals surface area contributed by atoms with Gasteiger partial charge in [-0.25, -0.2) is 0 Å². The number of pyridine rings is 1. The molecule has 1 aromatic carbocycles. The summed E-state index contributed by atoms with van der Waals surface area (Å²) in [5.74, 6) is 2.07. The fourth-order valence-electron chi connectivity index (χ4n) is 2.83. The summed E-state index contributed by atoms with van der Waals surface area (Å²) in [5, 5.41) is 10.0. The van der Waals surface area contributed by atoms with E-state index in [2.05, 4.69) is 25.1 Å². The number of hydrogen-bond donors (Lipinski definition) is 2. The molecule has 2 N–H and O–H groups in total. The Bertz CT molecular complexity index is 977. The van der Waals surface area contributed by atoms with E-state index in [1.54, 1.807) is 42.7 Å². The average molecular weight is 381 g/mol. The number of aromatic nitrogens is 4. The molecule has 0 bridgehead atoms. The van der Waals surface area contributed by atoms with Gasteiger partial charge in [-0.2, -0.15) is 5.10 Å². The fraction of sp³-hybridized carbons (Fsp3) is 0.263. The molecule has 7 nitrogen and oxygen atoms in total. The number of nitrogens with one attached hydrogen (secondary N) is 2. The largest absolute Gasteiger partial charge is 0.456 e. The van der Waals surface area contributed by atoms with Gasteiger partial charge < -0.3 is 14.6 Å². The van der Waals surface area contributed by atoms with Crippen LogP contribution in [0.15, 0.2) is 48.8 Å². The Morgan fingerprint density at radius 1 is 1.26 bits per heavy atom. The SMILES string of the molecule is O=C(NCCc1n[nH]c(=S)n1C1CC1)c1ccc(Oc2cccnc2)cc1. The number of hydrogen-bond acceptors (Lipinski definition) is 5. The molecule has 3 aromatic rings. The molecule has 0 saturated heterocycles. The van der Waals surface area contributed by atoms with Crippen LogP contribution in [0, 0.1) is 4.77 Å². The topological polar surface area (TPSA) is 84.8 Å². The first kappa shape index (κ1) is 17.4. The minimum atomic E-state index is -0.130. The third kappa shape index (κ3) is 4.22. The summed E-state index contributed by atoms with van der Waals surface area (Å²) in [6.07, 6.45) is 6.24. The van der Waals surface area contributed by atoms with Crippen molar-refractivity contribution in [2.24, 2.45) is 0 Å². The molecule has 1 amide bonds. The molecule has 1 fully saturated rings. The standard InChI is InChI=1S/C19H19N5O2S/c25-18(21-11-9-17-22-23-19(27)24(17)14-5-6-14)13-3-7-15(8-4-13)26-16-2-1-10-20-12-16/h1-4,7-8,10,12,14H,5-6,9,11H2,(H,21,25)(H,23,27). The maximum absolute atomic E-state index is 12.3. The normalized spacial score (nSPS) is 13.3. The first-order chi connectivity index (χ1) is 13.2. The van der Waals surface area contributed by atoms with E-state index in [0.29, 0.717) is 40.8 Å². The van der Waals surface area contributed by atoms with Crippen molar-refractivity contribution in [1.29, 1.82) is 0 Å². The Morgan fingerprint density at radius 3 is 2.78 bits per heavy atom. The summed E-state index contributed by atoms with van der Waals surface area (Å²) in [5.41, 5.74) is 0.578. The van der Waals surface area contributed by atoms with Gasteiger partial charge in [0, 0.05) is 30.8 Å². The van der Waals surface area contributed by atoms with E-state index in [4.69, 9.17) is 17.0 Å². The van der Waals surface area contributed by atoms with Crippen LogP contribution < -0.4 is 10.1 Å². The number of aromatic amines is 1. The highest BCUT2D eigenvalue weighted by Crippen LogP contribution is 2.35. The lowest BCUT2D eigenvalue weighted by Gasteiger charge is -2.08. The molecule has 0 aliphatic heterocycles. The highest BCUT2D eigenvalue weighted by Gasteiger charge is 2.26. The van der Waals surface area contributed by atoms with E-state index in [1.165, 1.54) is 0 Å². The highest BCUT2D eigenvalue weighted by molar-refractivity contribution is 7.71. The van der Waals surface area contributed by atoms with Crippen molar-refractivity contribution >= 4 is 18.1 Å². The van der Waals surface area contributed by atoms with E-state index in [-0.39, 0.29) is 5.91 Å². The van der Waals surface area contributed by atoms with Crippen LogP contribution in [0.4, 0.5) is 0 Å². The van der Waals surface area contributed by atoms with Crippen LogP contribution in [0.25, 0.3) is 0 Å². The van der Waals surface area contributed by atoms with Gasteiger partial charge in [0.1, 0.15) is 17.3 Å². The van der Waals surface area contributed by atoms with Crippen molar-refractivity contribution in [2.75, 3.05) is 6.54 Å². The monoisotopic (exact) mass is 381 g/mol. The number of ether oxygens (including phenoxy) is 1. The quantitative estimate of drug-likeness (QED) is 0.613. The minimum Gasteiger partial charge on any atom is -0.456 e. The molecule has 27 heavy (non-hydrogen) atoms. The third-order valence-electron chi connectivity index (χ3n) is 4.31. The van der Waals surface area contributed by atoms with Crippen LogP contribution in [0.3, 0.4) is 0 Å². The average Bonchev–Trinajstić information content (AvgIpc) is 3.46. The van der Waals surface area contributed by atoms with E-state index >= 15 is 0 Å². The molecular weight excluding hydrogens is 362 g/mol. The predicted octanol–water partition coefficient (Wildman–Crippen LogP) is 3.44. The van der Waals surface area contributed by atoms with Gasteiger partial charge in [0.2, 0.25) is 0 Å². The zero-order valence-corrected chi connectivity index (χ0v) is 15.4. The van der Waals surface area contributed by atoms with Gasteiger partial charge >= 0.3 is 0 Å². The highest BCUT2D eigenvalue weighted by atomic mass is 32.1. The Morgan fingerprint density at radius 2 is 2.07 bits per heavy atom. The summed E-state index contributed by atoms with van der Waals surface area (Å²) in [6, 6.07) is 11.1. The molecule has 1 aliphatic rings. The van der Waals surface area contributed by atoms with Gasteiger partial charge in [-0.1, -0.05) is 0 Å². The molecular formula is C19H19N5O2S. The first-order valence-corrected chi connectivity index (χ1v) is 9.23. The van der Waals surface area contributed by atoms with E-state index in [1.807, 2.05) is 6.07 Å². The van der Waals surface area contributed by atoms with Crippen LogP contribution in [0.5, 0.6) is 11.5 Å². The zero-order valence-electron chi connectivity index (χ0n) is 14.6. The summed E-state index contributed by atoms with van der Waals surface area (Å²) in [7, 11) is 0. The van der Waals surface area contributed by atoms with Crippen molar-refractivity contribution in [3.8, 4) is 11.5 Å². The molecule has 2 heterocycles. The summed E-state index contributed by atoms with van der Waals surface area (Å²) in [6.45, 7) is 0.499. The Labute approximate surface area is 161 Å². The van der Waals surface area contributed by atoms with Gasteiger partial charge in [-0.3, -0.25) is 14.9 Å². The number of nitrogens with zero attached hydrogens (tertiary/aromatic N) is 3. The summed E-state index contributed by atoms with van der Waals surface area (Å²) < 4.78 is 8.39. The molecule has 0 spiro atoms. The van der Waals surface area contributed by atoms with Crippen molar-refractivity contribution in [2.45, 2.75) is 25.3 Å². The maximum atomic E-state index is 12.3. The molecule has 0 radical (unpaired) electrons. The van der Waals surface area contributed by atoms with E-state index < -0.39 is 0 Å². The number of rotatable bonds is 7. The van der Waals surface area contributed by atoms with Crippen molar-refractivity contribution in [3.05, 3.63) is 65.0 Å². The molecule has 1 saturated carbocycles. The number of carbonyl (C=O) groups excluding carboxylic acids is 1. The second kappa shape index (κ2) is 7.71. The van der Waals surface area contributed by atoms with Gasteiger partial charge in [-0.15, -0.1) is 0 Å². The van der Waals surface area contributed by atoms with Crippen LogP contribution in [-0.4, -0.2) is 32.2 Å². The smallest absolute Gasteiger partial charge is 0.251 e. The van der Waals surface area contributed by atoms with E-state index in [9.17, 15) is 4.79 Å². The fourth-order valence-corrected chi connectivity index (χ4v) is 3.13. The molecule has 0 atom stereocenters. The molecule has 0 unspecified atom stereocenters. The number of amides is 1. The lowest BCUT2D eigenvalue weighted by atomic mass is 10.2. The molecule has 2 aromatic heterocycles. The van der Waals surface area contributed by atoms with Crippen LogP contribution in [-0.2, 0) is 6.42 Å². The number of H-pyrrole nitrogens is 1. The van der Waals surface area contributed by atoms with Gasteiger partial charge in [0.15, 0.2) is 4.77 Å². The second-order valence-corrected chi connectivity index (χ2v) is 6.75. The second-order valence-electron chi connectivity index (χ2n) is 6.37. The lowest BCUT2D eigenvalue weighted by Crippen LogP contribution is -2.26. The zero-order chi connectivity index (χ0) is 18.6. The van der Waals surface area contributed by atoms with E-state index in [0.717, 1.165) is 18.7 Å². The van der Waals surface area contributed by atoms with Gasteiger partial charge in [0.05, 0.1) is 6.20 Å². The Hall–Kier alpha value is -3.00. The van der Waals surface area contributed by atoms with Gasteiger partial charge in [0.25, 0.3) is 5.91 Å². The maximum Gasteiger partial charge on any atom is 0.251 e. The van der Waals surface area contributed by atoms with Crippen LogP contribution >= 0.6 is 12.2 Å².